The van der Waals surface area contributed by atoms with Gasteiger partial charge in [-0.3, -0.25) is 0 Å². The Balaban J connectivity index is 4.34. The second-order valence-corrected chi connectivity index (χ2v) is 5.93. The summed E-state index contributed by atoms with van der Waals surface area (Å²) >= 11 is 4.27. The third-order valence-corrected chi connectivity index (χ3v) is 4.36. The Labute approximate surface area is 118 Å². The van der Waals surface area contributed by atoms with E-state index in [1.54, 1.807) is 14.2 Å². The Hall–Kier alpha value is 0.367. The molecule has 0 atom stereocenters. The average Bonchev–Trinajstić information content (AvgIpc) is 2.37. The summed E-state index contributed by atoms with van der Waals surface area (Å²) in [5.74, 6) is 0.694. The lowest BCUT2D eigenvalue weighted by Gasteiger charge is -2.33. The molecular weight excluding hydrogens is 272 g/mol. The number of methoxy groups -OCH3 is 2. The van der Waals surface area contributed by atoms with Crippen molar-refractivity contribution in [3.05, 3.63) is 0 Å². The molecule has 0 aliphatic heterocycles. The van der Waals surface area contributed by atoms with E-state index in [1.165, 1.54) is 0 Å². The number of rotatable bonds is 13. The van der Waals surface area contributed by atoms with Gasteiger partial charge in [0, 0.05) is 27.2 Å². The van der Waals surface area contributed by atoms with E-state index < -0.39 is 15.2 Å². The van der Waals surface area contributed by atoms with Crippen LogP contribution in [0.5, 0.6) is 0 Å². The van der Waals surface area contributed by atoms with Crippen molar-refractivity contribution in [2.45, 2.75) is 18.8 Å². The second-order valence-electron chi connectivity index (χ2n) is 3.70. The van der Waals surface area contributed by atoms with E-state index in [2.05, 4.69) is 12.6 Å². The molecule has 0 aromatic heterocycles. The van der Waals surface area contributed by atoms with Gasteiger partial charge < -0.3 is 23.4 Å². The van der Waals surface area contributed by atoms with Crippen molar-refractivity contribution in [3.8, 4) is 0 Å². The van der Waals surface area contributed by atoms with Crippen LogP contribution >= 0.6 is 12.6 Å². The van der Waals surface area contributed by atoms with Gasteiger partial charge in [-0.2, -0.15) is 12.6 Å². The molecule has 110 valence electrons. The van der Waals surface area contributed by atoms with E-state index in [1.807, 2.05) is 6.92 Å². The third-order valence-electron chi connectivity index (χ3n) is 2.32. The van der Waals surface area contributed by atoms with Crippen molar-refractivity contribution in [3.63, 3.8) is 0 Å². The zero-order chi connectivity index (χ0) is 13.7. The molecule has 0 fully saturated rings. The Morgan fingerprint density at radius 3 is 1.94 bits per heavy atom. The molecule has 7 heteroatoms. The monoisotopic (exact) mass is 298 g/mol. The lowest BCUT2D eigenvalue weighted by Crippen LogP contribution is -2.45. The van der Waals surface area contributed by atoms with Crippen LogP contribution in [0.2, 0.25) is 0 Å². The molecule has 0 aliphatic rings. The van der Waals surface area contributed by atoms with Gasteiger partial charge in [-0.05, 0) is 12.7 Å². The zero-order valence-electron chi connectivity index (χ0n) is 11.6. The van der Waals surface area contributed by atoms with Crippen LogP contribution in [0.15, 0.2) is 0 Å². The first-order valence-electron chi connectivity index (χ1n) is 6.19. The second kappa shape index (κ2) is 12.4. The summed E-state index contributed by atoms with van der Waals surface area (Å²) in [5, 5.41) is 0. The summed E-state index contributed by atoms with van der Waals surface area (Å²) in [6.45, 7) is 4.74. The lowest BCUT2D eigenvalue weighted by atomic mass is 10.4. The number of ether oxygens (including phenoxy) is 4. The molecule has 0 rings (SSSR count). The fourth-order valence-electron chi connectivity index (χ4n) is 1.39. The number of hydrogen-bond acceptors (Lipinski definition) is 6. The maximum Gasteiger partial charge on any atom is 0.227 e. The molecule has 0 N–H and O–H groups in total. The highest BCUT2D eigenvalue weighted by Gasteiger charge is 2.32. The molecule has 0 heterocycles. The highest BCUT2D eigenvalue weighted by molar-refractivity contribution is 7.80. The fraction of sp³-hybridized carbons (Fsp3) is 1.00. The Kier molecular flexibility index (Phi) is 12.7. The first kappa shape index (κ1) is 18.4. The molecular formula is C11H26O5SSi. The zero-order valence-corrected chi connectivity index (χ0v) is 14.0. The summed E-state index contributed by atoms with van der Waals surface area (Å²) in [6.07, 6.45) is 0.718. The van der Waals surface area contributed by atoms with Gasteiger partial charge in [0.25, 0.3) is 0 Å². The van der Waals surface area contributed by atoms with Crippen LogP contribution in [0.3, 0.4) is 0 Å². The van der Waals surface area contributed by atoms with E-state index in [0.717, 1.165) is 6.42 Å². The highest BCUT2D eigenvalue weighted by Crippen LogP contribution is 2.18. The van der Waals surface area contributed by atoms with Crippen LogP contribution in [0.1, 0.15) is 13.3 Å². The van der Waals surface area contributed by atoms with Crippen LogP contribution in [-0.2, 0) is 23.4 Å². The fourth-order valence-corrected chi connectivity index (χ4v) is 3.32. The van der Waals surface area contributed by atoms with Crippen LogP contribution in [0, 0.1) is 0 Å². The van der Waals surface area contributed by atoms with Gasteiger partial charge in [-0.25, -0.2) is 0 Å². The van der Waals surface area contributed by atoms with Crippen molar-refractivity contribution >= 4 is 22.4 Å². The van der Waals surface area contributed by atoms with Crippen LogP contribution < -0.4 is 0 Å². The molecule has 0 amide bonds. The van der Waals surface area contributed by atoms with Crippen LogP contribution in [-0.4, -0.2) is 68.2 Å². The van der Waals surface area contributed by atoms with Crippen molar-refractivity contribution in [1.82, 2.24) is 0 Å². The van der Waals surface area contributed by atoms with E-state index in [4.69, 9.17) is 23.4 Å². The number of thiol groups is 1. The first-order valence-corrected chi connectivity index (χ1v) is 8.10. The molecule has 5 nitrogen and oxygen atoms in total. The molecule has 0 bridgehead atoms. The standard InChI is InChI=1S/C11H26O5SSi/c1-4-16-18-11(5-10-17,14-8-6-12-2)15-9-7-13-3/h17H,4-10,18H2,1-3H3. The van der Waals surface area contributed by atoms with Gasteiger partial charge in [-0.15, -0.1) is 0 Å². The maximum atomic E-state index is 5.84. The van der Waals surface area contributed by atoms with Crippen LogP contribution in [0.4, 0.5) is 0 Å². The predicted octanol–water partition coefficient (Wildman–Crippen LogP) is 0.406. The van der Waals surface area contributed by atoms with Crippen molar-refractivity contribution in [2.24, 2.45) is 0 Å². The Morgan fingerprint density at radius 1 is 1.00 bits per heavy atom. The van der Waals surface area contributed by atoms with Gasteiger partial charge in [0.1, 0.15) is 0 Å². The molecule has 18 heavy (non-hydrogen) atoms. The summed E-state index contributed by atoms with van der Waals surface area (Å²) in [7, 11) is 2.34. The van der Waals surface area contributed by atoms with Gasteiger partial charge in [0.15, 0.2) is 5.41 Å². The Bertz CT molecular complexity index is 175. The SMILES string of the molecule is CCO[SiH2]C(CCS)(OCCOC)OCCOC. The smallest absolute Gasteiger partial charge is 0.227 e. The molecule has 0 saturated heterocycles. The molecule has 0 aromatic rings. The van der Waals surface area contributed by atoms with E-state index >= 15 is 0 Å². The molecule has 0 aliphatic carbocycles. The average molecular weight is 298 g/mol. The third kappa shape index (κ3) is 8.47. The summed E-state index contributed by atoms with van der Waals surface area (Å²) in [6, 6.07) is 0. The van der Waals surface area contributed by atoms with E-state index in [-0.39, 0.29) is 0 Å². The van der Waals surface area contributed by atoms with E-state index in [9.17, 15) is 0 Å². The summed E-state index contributed by atoms with van der Waals surface area (Å²) in [5.41, 5.74) is -0.616. The maximum absolute atomic E-state index is 5.84. The lowest BCUT2D eigenvalue weighted by molar-refractivity contribution is -0.197. The van der Waals surface area contributed by atoms with Gasteiger partial charge in [0.2, 0.25) is 9.76 Å². The predicted molar refractivity (Wildman–Crippen MR) is 77.0 cm³/mol. The van der Waals surface area contributed by atoms with Crippen molar-refractivity contribution in [1.29, 1.82) is 0 Å². The first-order chi connectivity index (χ1) is 8.74. The minimum atomic E-state index is -0.953. The summed E-state index contributed by atoms with van der Waals surface area (Å²) in [4.78, 5) is 0. The van der Waals surface area contributed by atoms with E-state index in [0.29, 0.717) is 38.8 Å². The van der Waals surface area contributed by atoms with Gasteiger partial charge in [0.05, 0.1) is 26.4 Å². The molecule has 0 radical (unpaired) electrons. The molecule has 0 aromatic carbocycles. The minimum Gasteiger partial charge on any atom is -0.418 e. The van der Waals surface area contributed by atoms with Crippen LogP contribution in [0.25, 0.3) is 0 Å². The quantitative estimate of drug-likeness (QED) is 0.231. The molecule has 0 unspecified atom stereocenters. The van der Waals surface area contributed by atoms with Gasteiger partial charge in [-0.1, -0.05) is 0 Å². The summed E-state index contributed by atoms with van der Waals surface area (Å²) < 4.78 is 27.3. The largest absolute Gasteiger partial charge is 0.418 e. The highest BCUT2D eigenvalue weighted by atomic mass is 32.1. The minimum absolute atomic E-state index is 0.497. The number of hydrogen-bond donors (Lipinski definition) is 1. The molecule has 0 saturated carbocycles. The Morgan fingerprint density at radius 2 is 1.56 bits per heavy atom. The van der Waals surface area contributed by atoms with Crippen molar-refractivity contribution < 1.29 is 23.4 Å². The van der Waals surface area contributed by atoms with Crippen molar-refractivity contribution in [2.75, 3.05) is 53.0 Å². The topological polar surface area (TPSA) is 46.2 Å². The normalized spacial score (nSPS) is 12.7. The van der Waals surface area contributed by atoms with Gasteiger partial charge >= 0.3 is 0 Å². The molecule has 0 spiro atoms.